The predicted molar refractivity (Wildman–Crippen MR) is 240 cm³/mol. The first-order valence-corrected chi connectivity index (χ1v) is 19.3. The summed E-state index contributed by atoms with van der Waals surface area (Å²) in [5, 5.41) is 7.49. The molecule has 0 spiro atoms. The molecule has 10 rings (SSSR count). The van der Waals surface area contributed by atoms with Crippen molar-refractivity contribution in [2.75, 3.05) is 4.90 Å². The molecule has 0 fully saturated rings. The molecule has 0 unspecified atom stereocenters. The van der Waals surface area contributed by atoms with Gasteiger partial charge in [-0.1, -0.05) is 176 Å². The minimum Gasteiger partial charge on any atom is -0.310 e. The van der Waals surface area contributed by atoms with Gasteiger partial charge in [-0.2, -0.15) is 0 Å². The van der Waals surface area contributed by atoms with Crippen molar-refractivity contribution < 1.29 is 0 Å². The van der Waals surface area contributed by atoms with Crippen molar-refractivity contribution in [1.82, 2.24) is 0 Å². The quantitative estimate of drug-likeness (QED) is 0.149. The number of benzene rings is 10. The normalized spacial score (nSPS) is 11.3. The van der Waals surface area contributed by atoms with E-state index in [1.807, 2.05) is 0 Å². The van der Waals surface area contributed by atoms with Gasteiger partial charge in [0.25, 0.3) is 0 Å². The summed E-state index contributed by atoms with van der Waals surface area (Å²) in [6.07, 6.45) is 0. The number of rotatable bonds is 7. The molecule has 0 aromatic heterocycles. The summed E-state index contributed by atoms with van der Waals surface area (Å²) in [5.74, 6) is 0. The van der Waals surface area contributed by atoms with Crippen molar-refractivity contribution in [1.29, 1.82) is 0 Å². The minimum absolute atomic E-state index is 1.11. The summed E-state index contributed by atoms with van der Waals surface area (Å²) in [5.41, 5.74) is 14.3. The summed E-state index contributed by atoms with van der Waals surface area (Å²) in [7, 11) is 0. The second-order valence-corrected chi connectivity index (χ2v) is 14.6. The summed E-state index contributed by atoms with van der Waals surface area (Å²) < 4.78 is 0. The highest BCUT2D eigenvalue weighted by Gasteiger charge is 2.23. The summed E-state index contributed by atoms with van der Waals surface area (Å²) in [4.78, 5) is 2.41. The summed E-state index contributed by atoms with van der Waals surface area (Å²) in [6, 6.07) is 79.6. The Kier molecular flexibility index (Phi) is 8.46. The van der Waals surface area contributed by atoms with E-state index in [0.717, 1.165) is 17.1 Å². The van der Waals surface area contributed by atoms with E-state index in [0.29, 0.717) is 0 Å². The molecule has 0 saturated carbocycles. The van der Waals surface area contributed by atoms with Crippen LogP contribution >= 0.6 is 0 Å². The Morgan fingerprint density at radius 3 is 1.45 bits per heavy atom. The molecular weight excluding hydrogens is 675 g/mol. The van der Waals surface area contributed by atoms with Crippen LogP contribution in [0.4, 0.5) is 17.1 Å². The Morgan fingerprint density at radius 1 is 0.286 bits per heavy atom. The van der Waals surface area contributed by atoms with Gasteiger partial charge in [0.05, 0.1) is 0 Å². The minimum atomic E-state index is 1.11. The smallest absolute Gasteiger partial charge is 0.0468 e. The average Bonchev–Trinajstić information content (AvgIpc) is 3.27. The monoisotopic (exact) mass is 713 g/mol. The van der Waals surface area contributed by atoms with Crippen LogP contribution in [0.25, 0.3) is 76.8 Å². The zero-order chi connectivity index (χ0) is 37.4. The van der Waals surface area contributed by atoms with Crippen LogP contribution in [0.1, 0.15) is 5.56 Å². The molecule has 0 N–H and O–H groups in total. The fourth-order valence-corrected chi connectivity index (χ4v) is 8.55. The first-order chi connectivity index (χ1) is 27.7. The molecule has 1 nitrogen and oxygen atoms in total. The van der Waals surface area contributed by atoms with E-state index >= 15 is 0 Å². The number of hydrogen-bond donors (Lipinski definition) is 0. The summed E-state index contributed by atoms with van der Waals surface area (Å²) >= 11 is 0. The molecule has 0 heterocycles. The molecule has 0 aliphatic heterocycles. The van der Waals surface area contributed by atoms with Crippen LogP contribution in [0, 0.1) is 6.92 Å². The Balaban J connectivity index is 1.33. The Labute approximate surface area is 328 Å². The van der Waals surface area contributed by atoms with Gasteiger partial charge in [-0.15, -0.1) is 0 Å². The molecule has 10 aromatic carbocycles. The van der Waals surface area contributed by atoms with Crippen LogP contribution in [0.3, 0.4) is 0 Å². The molecular formula is C55H39N. The van der Waals surface area contributed by atoms with Crippen LogP contribution < -0.4 is 4.90 Å². The zero-order valence-corrected chi connectivity index (χ0v) is 31.2. The second-order valence-electron chi connectivity index (χ2n) is 14.6. The molecule has 0 saturated heterocycles. The first-order valence-electron chi connectivity index (χ1n) is 19.3. The lowest BCUT2D eigenvalue weighted by Crippen LogP contribution is -2.10. The topological polar surface area (TPSA) is 3.24 Å². The zero-order valence-electron chi connectivity index (χ0n) is 31.2. The number of aryl methyl sites for hydroxylation is 1. The standard InChI is InChI=1S/C55H39N/c1-38-18-16-28-44(34-38)56(45-29-17-27-43(35-45)39-19-6-2-7-20-39)46-32-33-49-52(36-46)47-30-14-15-31-48(47)54-51(41-23-10-4-11-24-41)37-50(40-21-8-3-9-22-40)53(55(49)54)42-25-12-5-13-26-42/h2-37H,1H3. The molecule has 0 amide bonds. The molecule has 0 atom stereocenters. The number of hydrogen-bond acceptors (Lipinski definition) is 1. The predicted octanol–water partition coefficient (Wildman–Crippen LogP) is 15.6. The van der Waals surface area contributed by atoms with E-state index in [1.165, 1.54) is 82.4 Å². The lowest BCUT2D eigenvalue weighted by Gasteiger charge is -2.27. The lowest BCUT2D eigenvalue weighted by atomic mass is 9.81. The lowest BCUT2D eigenvalue weighted by molar-refractivity contribution is 1.28. The summed E-state index contributed by atoms with van der Waals surface area (Å²) in [6.45, 7) is 2.17. The molecule has 56 heavy (non-hydrogen) atoms. The van der Waals surface area contributed by atoms with Crippen LogP contribution in [0.15, 0.2) is 218 Å². The number of anilines is 3. The van der Waals surface area contributed by atoms with E-state index in [9.17, 15) is 0 Å². The maximum Gasteiger partial charge on any atom is 0.0468 e. The van der Waals surface area contributed by atoms with Crippen molar-refractivity contribution in [2.24, 2.45) is 0 Å². The van der Waals surface area contributed by atoms with Crippen molar-refractivity contribution in [3.63, 3.8) is 0 Å². The molecule has 0 aliphatic carbocycles. The molecule has 10 aromatic rings. The van der Waals surface area contributed by atoms with Crippen LogP contribution in [-0.2, 0) is 0 Å². The van der Waals surface area contributed by atoms with Gasteiger partial charge in [0.2, 0.25) is 0 Å². The molecule has 1 heteroatoms. The highest BCUT2D eigenvalue weighted by Crippen LogP contribution is 2.50. The highest BCUT2D eigenvalue weighted by atomic mass is 15.1. The van der Waals surface area contributed by atoms with E-state index in [1.54, 1.807) is 0 Å². The van der Waals surface area contributed by atoms with Crippen LogP contribution in [-0.4, -0.2) is 0 Å². The Hall–Kier alpha value is -7.22. The van der Waals surface area contributed by atoms with Crippen molar-refractivity contribution in [3.8, 4) is 44.5 Å². The molecule has 0 bridgehead atoms. The van der Waals surface area contributed by atoms with Gasteiger partial charge in [-0.3, -0.25) is 0 Å². The van der Waals surface area contributed by atoms with E-state index in [-0.39, 0.29) is 0 Å². The molecule has 0 radical (unpaired) electrons. The number of nitrogens with zero attached hydrogens (tertiary/aromatic N) is 1. The Bertz CT molecular complexity index is 3010. The van der Waals surface area contributed by atoms with Crippen molar-refractivity contribution >= 4 is 49.4 Å². The highest BCUT2D eigenvalue weighted by molar-refractivity contribution is 6.33. The third kappa shape index (κ3) is 5.91. The van der Waals surface area contributed by atoms with E-state index in [2.05, 4.69) is 230 Å². The maximum atomic E-state index is 2.43. The van der Waals surface area contributed by atoms with Crippen molar-refractivity contribution in [2.45, 2.75) is 6.92 Å². The fraction of sp³-hybridized carbons (Fsp3) is 0.0182. The number of fused-ring (bicyclic) bond motifs is 6. The fourth-order valence-electron chi connectivity index (χ4n) is 8.55. The van der Waals surface area contributed by atoms with Crippen LogP contribution in [0.2, 0.25) is 0 Å². The molecule has 0 aliphatic rings. The van der Waals surface area contributed by atoms with E-state index in [4.69, 9.17) is 0 Å². The van der Waals surface area contributed by atoms with Gasteiger partial charge >= 0.3 is 0 Å². The van der Waals surface area contributed by atoms with E-state index < -0.39 is 0 Å². The van der Waals surface area contributed by atoms with Gasteiger partial charge in [-0.25, -0.2) is 0 Å². The largest absolute Gasteiger partial charge is 0.310 e. The first kappa shape index (κ1) is 33.4. The SMILES string of the molecule is Cc1cccc(N(c2cccc(-c3ccccc3)c2)c2ccc3c(c2)c2ccccc2c2c(-c4ccccc4)cc(-c4ccccc4)c(-c4ccccc4)c32)c1. The van der Waals surface area contributed by atoms with Gasteiger partial charge in [0.15, 0.2) is 0 Å². The maximum absolute atomic E-state index is 2.43. The second kappa shape index (κ2) is 14.2. The van der Waals surface area contributed by atoms with Gasteiger partial charge in [0.1, 0.15) is 0 Å². The Morgan fingerprint density at radius 2 is 0.786 bits per heavy atom. The van der Waals surface area contributed by atoms with Gasteiger partial charge in [0, 0.05) is 17.1 Å². The van der Waals surface area contributed by atoms with Crippen LogP contribution in [0.5, 0.6) is 0 Å². The third-order valence-electron chi connectivity index (χ3n) is 11.0. The van der Waals surface area contributed by atoms with Gasteiger partial charge in [-0.05, 0) is 132 Å². The third-order valence-corrected chi connectivity index (χ3v) is 11.0. The van der Waals surface area contributed by atoms with Gasteiger partial charge < -0.3 is 4.90 Å². The van der Waals surface area contributed by atoms with Crippen molar-refractivity contribution in [3.05, 3.63) is 224 Å². The average molecular weight is 714 g/mol. The molecule has 264 valence electrons.